The molecule has 2 aromatic rings. The Hall–Kier alpha value is -2.32. The van der Waals surface area contributed by atoms with Crippen LogP contribution in [0.1, 0.15) is 0 Å². The standard InChI is InChI=1S/C17H14ClF2NO4S/c18-11-1-7-14(8-2-11)26-10-16(23)24-9-15(22)21-12-3-5-13(6-4-12)25-17(19)20/h1-8,17H,9-10H2,(H,21,22). The number of benzene rings is 2. The van der Waals surface area contributed by atoms with Crippen LogP contribution in [0.15, 0.2) is 53.4 Å². The summed E-state index contributed by atoms with van der Waals surface area (Å²) < 4.78 is 33.2. The molecule has 0 unspecified atom stereocenters. The van der Waals surface area contributed by atoms with Gasteiger partial charge in [-0.1, -0.05) is 11.6 Å². The van der Waals surface area contributed by atoms with Crippen molar-refractivity contribution in [3.63, 3.8) is 0 Å². The van der Waals surface area contributed by atoms with Gasteiger partial charge in [0.2, 0.25) is 0 Å². The fraction of sp³-hybridized carbons (Fsp3) is 0.176. The number of rotatable bonds is 8. The molecule has 26 heavy (non-hydrogen) atoms. The first-order valence-corrected chi connectivity index (χ1v) is 8.67. The van der Waals surface area contributed by atoms with Gasteiger partial charge in [0.05, 0.1) is 5.75 Å². The van der Waals surface area contributed by atoms with Crippen molar-refractivity contribution in [2.75, 3.05) is 17.7 Å². The van der Waals surface area contributed by atoms with Crippen LogP contribution in [-0.4, -0.2) is 30.8 Å². The molecule has 0 atom stereocenters. The molecule has 0 aliphatic heterocycles. The van der Waals surface area contributed by atoms with Crippen molar-refractivity contribution in [2.24, 2.45) is 0 Å². The van der Waals surface area contributed by atoms with Gasteiger partial charge < -0.3 is 14.8 Å². The highest BCUT2D eigenvalue weighted by Gasteiger charge is 2.09. The lowest BCUT2D eigenvalue weighted by Gasteiger charge is -2.08. The minimum Gasteiger partial charge on any atom is -0.455 e. The number of esters is 1. The van der Waals surface area contributed by atoms with Gasteiger partial charge in [-0.15, -0.1) is 11.8 Å². The van der Waals surface area contributed by atoms with Crippen LogP contribution in [-0.2, 0) is 14.3 Å². The van der Waals surface area contributed by atoms with Gasteiger partial charge in [0.15, 0.2) is 6.61 Å². The topological polar surface area (TPSA) is 64.6 Å². The van der Waals surface area contributed by atoms with Crippen LogP contribution in [0.2, 0.25) is 5.02 Å². The molecular formula is C17H14ClF2NO4S. The van der Waals surface area contributed by atoms with E-state index in [0.29, 0.717) is 10.7 Å². The van der Waals surface area contributed by atoms with E-state index < -0.39 is 25.1 Å². The molecule has 1 N–H and O–H groups in total. The Morgan fingerprint density at radius 1 is 1.08 bits per heavy atom. The van der Waals surface area contributed by atoms with E-state index in [-0.39, 0.29) is 11.5 Å². The molecule has 0 bridgehead atoms. The van der Waals surface area contributed by atoms with Gasteiger partial charge in [-0.2, -0.15) is 8.78 Å². The van der Waals surface area contributed by atoms with Crippen LogP contribution < -0.4 is 10.1 Å². The van der Waals surface area contributed by atoms with E-state index in [1.807, 2.05) is 0 Å². The molecule has 9 heteroatoms. The van der Waals surface area contributed by atoms with Gasteiger partial charge in [0.25, 0.3) is 5.91 Å². The van der Waals surface area contributed by atoms with Crippen molar-refractivity contribution in [2.45, 2.75) is 11.5 Å². The van der Waals surface area contributed by atoms with Gasteiger partial charge in [0.1, 0.15) is 5.75 Å². The van der Waals surface area contributed by atoms with E-state index in [1.54, 1.807) is 24.3 Å². The number of hydrogen-bond donors (Lipinski definition) is 1. The molecule has 0 saturated heterocycles. The van der Waals surface area contributed by atoms with Crippen LogP contribution in [0.3, 0.4) is 0 Å². The lowest BCUT2D eigenvalue weighted by Crippen LogP contribution is -2.21. The van der Waals surface area contributed by atoms with E-state index in [1.165, 1.54) is 36.0 Å². The third kappa shape index (κ3) is 7.28. The van der Waals surface area contributed by atoms with Crippen LogP contribution in [0.25, 0.3) is 0 Å². The minimum atomic E-state index is -2.92. The average Bonchev–Trinajstić information content (AvgIpc) is 2.61. The zero-order valence-electron chi connectivity index (χ0n) is 13.3. The zero-order chi connectivity index (χ0) is 18.9. The quantitative estimate of drug-likeness (QED) is 0.530. The van der Waals surface area contributed by atoms with E-state index in [4.69, 9.17) is 16.3 Å². The average molecular weight is 402 g/mol. The molecule has 0 saturated carbocycles. The van der Waals surface area contributed by atoms with Crippen molar-refractivity contribution in [1.29, 1.82) is 0 Å². The van der Waals surface area contributed by atoms with Crippen LogP contribution >= 0.6 is 23.4 Å². The molecule has 5 nitrogen and oxygen atoms in total. The molecule has 0 aliphatic carbocycles. The first-order chi connectivity index (χ1) is 12.4. The molecule has 0 spiro atoms. The normalized spacial score (nSPS) is 10.5. The van der Waals surface area contributed by atoms with Crippen molar-refractivity contribution in [3.05, 3.63) is 53.6 Å². The fourth-order valence-corrected chi connectivity index (χ4v) is 2.60. The summed E-state index contributed by atoms with van der Waals surface area (Å²) in [6.45, 7) is -3.37. The smallest absolute Gasteiger partial charge is 0.387 e. The van der Waals surface area contributed by atoms with Crippen LogP contribution in [0.4, 0.5) is 14.5 Å². The number of carbonyl (C=O) groups is 2. The Morgan fingerprint density at radius 3 is 2.35 bits per heavy atom. The maximum Gasteiger partial charge on any atom is 0.387 e. The first-order valence-electron chi connectivity index (χ1n) is 7.31. The Bertz CT molecular complexity index is 741. The van der Waals surface area contributed by atoms with Crippen molar-refractivity contribution >= 4 is 40.9 Å². The molecule has 0 heterocycles. The monoisotopic (exact) mass is 401 g/mol. The maximum absolute atomic E-state index is 12.0. The Kier molecular flexibility index (Phi) is 7.68. The summed E-state index contributed by atoms with van der Waals surface area (Å²) in [7, 11) is 0. The highest BCUT2D eigenvalue weighted by atomic mass is 35.5. The third-order valence-electron chi connectivity index (χ3n) is 2.90. The van der Waals surface area contributed by atoms with E-state index >= 15 is 0 Å². The number of nitrogens with one attached hydrogen (secondary N) is 1. The zero-order valence-corrected chi connectivity index (χ0v) is 14.9. The molecule has 0 aliphatic rings. The second-order valence-electron chi connectivity index (χ2n) is 4.85. The molecule has 0 fully saturated rings. The maximum atomic E-state index is 12.0. The number of halogens is 3. The number of ether oxygens (including phenoxy) is 2. The number of carbonyl (C=O) groups excluding carboxylic acids is 2. The number of thioether (sulfide) groups is 1. The Morgan fingerprint density at radius 2 is 1.73 bits per heavy atom. The molecule has 0 aromatic heterocycles. The lowest BCUT2D eigenvalue weighted by molar-refractivity contribution is -0.144. The summed E-state index contributed by atoms with van der Waals surface area (Å²) in [5, 5.41) is 3.08. The van der Waals surface area contributed by atoms with Gasteiger partial charge in [-0.25, -0.2) is 0 Å². The van der Waals surface area contributed by atoms with Gasteiger partial charge >= 0.3 is 12.6 Å². The predicted octanol–water partition coefficient (Wildman–Crippen LogP) is 4.22. The summed E-state index contributed by atoms with van der Waals surface area (Å²) in [6, 6.07) is 12.3. The number of hydrogen-bond acceptors (Lipinski definition) is 5. The molecule has 1 amide bonds. The predicted molar refractivity (Wildman–Crippen MR) is 94.8 cm³/mol. The summed E-state index contributed by atoms with van der Waals surface area (Å²) in [5.74, 6) is -1.06. The highest BCUT2D eigenvalue weighted by Crippen LogP contribution is 2.20. The summed E-state index contributed by atoms with van der Waals surface area (Å²) in [5.41, 5.74) is 0.364. The van der Waals surface area contributed by atoms with Crippen molar-refractivity contribution in [3.8, 4) is 5.75 Å². The highest BCUT2D eigenvalue weighted by molar-refractivity contribution is 8.00. The fourth-order valence-electron chi connectivity index (χ4n) is 1.78. The van der Waals surface area contributed by atoms with Crippen molar-refractivity contribution < 1.29 is 27.8 Å². The van der Waals surface area contributed by atoms with Crippen molar-refractivity contribution in [1.82, 2.24) is 0 Å². The number of alkyl halides is 2. The van der Waals surface area contributed by atoms with Gasteiger partial charge in [-0.3, -0.25) is 9.59 Å². The van der Waals surface area contributed by atoms with Gasteiger partial charge in [0, 0.05) is 15.6 Å². The van der Waals surface area contributed by atoms with E-state index in [0.717, 1.165) is 4.90 Å². The minimum absolute atomic E-state index is 0.0244. The lowest BCUT2D eigenvalue weighted by atomic mass is 10.3. The van der Waals surface area contributed by atoms with E-state index in [2.05, 4.69) is 10.1 Å². The van der Waals surface area contributed by atoms with Crippen LogP contribution in [0.5, 0.6) is 5.75 Å². The number of anilines is 1. The SMILES string of the molecule is O=C(COC(=O)CSc1ccc(Cl)cc1)Nc1ccc(OC(F)F)cc1. The Balaban J connectivity index is 1.70. The first kappa shape index (κ1) is 20.0. The molecular weight excluding hydrogens is 388 g/mol. The molecule has 2 aromatic carbocycles. The van der Waals surface area contributed by atoms with Gasteiger partial charge in [-0.05, 0) is 48.5 Å². The molecule has 138 valence electrons. The second-order valence-corrected chi connectivity index (χ2v) is 6.34. The third-order valence-corrected chi connectivity index (χ3v) is 4.14. The molecule has 2 rings (SSSR count). The summed E-state index contributed by atoms with van der Waals surface area (Å²) in [4.78, 5) is 24.2. The second kappa shape index (κ2) is 9.98. The summed E-state index contributed by atoms with van der Waals surface area (Å²) in [6.07, 6.45) is 0. The Labute approximate surface area is 157 Å². The molecule has 0 radical (unpaired) electrons. The number of amides is 1. The summed E-state index contributed by atoms with van der Waals surface area (Å²) >= 11 is 7.03. The van der Waals surface area contributed by atoms with E-state index in [9.17, 15) is 18.4 Å². The largest absolute Gasteiger partial charge is 0.455 e. The van der Waals surface area contributed by atoms with Crippen LogP contribution in [0, 0.1) is 0 Å².